The summed E-state index contributed by atoms with van der Waals surface area (Å²) in [7, 11) is 0. The lowest BCUT2D eigenvalue weighted by atomic mass is 10.0. The van der Waals surface area contributed by atoms with Crippen LogP contribution in [0, 0.1) is 0 Å². The second-order valence-electron chi connectivity index (χ2n) is 6.39. The molecule has 0 fully saturated rings. The molecule has 6 nitrogen and oxygen atoms in total. The predicted octanol–water partition coefficient (Wildman–Crippen LogP) is 4.06. The Balaban J connectivity index is 1.58. The Bertz CT molecular complexity index is 1040. The van der Waals surface area contributed by atoms with Crippen molar-refractivity contribution in [2.75, 3.05) is 18.1 Å². The molecule has 29 heavy (non-hydrogen) atoms. The molecule has 1 amide bonds. The Morgan fingerprint density at radius 2 is 1.83 bits per heavy atom. The van der Waals surface area contributed by atoms with Crippen molar-refractivity contribution in [3.63, 3.8) is 0 Å². The van der Waals surface area contributed by atoms with E-state index < -0.39 is 12.6 Å². The van der Waals surface area contributed by atoms with Gasteiger partial charge in [-0.1, -0.05) is 54.1 Å². The van der Waals surface area contributed by atoms with Crippen molar-refractivity contribution in [2.24, 2.45) is 0 Å². The highest BCUT2D eigenvalue weighted by molar-refractivity contribution is 6.32. The minimum atomic E-state index is -0.700. The highest BCUT2D eigenvalue weighted by atomic mass is 35.5. The van der Waals surface area contributed by atoms with Gasteiger partial charge >= 0.3 is 5.97 Å². The van der Waals surface area contributed by atoms with Gasteiger partial charge in [0.25, 0.3) is 5.91 Å². The van der Waals surface area contributed by atoms with E-state index in [1.807, 2.05) is 48.5 Å². The van der Waals surface area contributed by atoms with Crippen molar-refractivity contribution in [1.29, 1.82) is 0 Å². The van der Waals surface area contributed by atoms with Crippen LogP contribution in [0.1, 0.15) is 22.0 Å². The van der Waals surface area contributed by atoms with Crippen molar-refractivity contribution in [2.45, 2.75) is 6.04 Å². The van der Waals surface area contributed by atoms with Crippen LogP contribution in [0.15, 0.2) is 72.9 Å². The largest absolute Gasteiger partial charge is 0.489 e. The number of benzene rings is 2. The van der Waals surface area contributed by atoms with Crippen molar-refractivity contribution in [3.05, 3.63) is 89.2 Å². The molecule has 1 aromatic heterocycles. The third-order valence-electron chi connectivity index (χ3n) is 4.59. The molecule has 0 aliphatic carbocycles. The molecule has 2 heterocycles. The van der Waals surface area contributed by atoms with Crippen LogP contribution in [0.25, 0.3) is 0 Å². The lowest BCUT2D eigenvalue weighted by Gasteiger charge is -2.37. The molecule has 4 rings (SSSR count). The highest BCUT2D eigenvalue weighted by Crippen LogP contribution is 2.39. The quantitative estimate of drug-likeness (QED) is 0.481. The lowest BCUT2D eigenvalue weighted by molar-refractivity contribution is -0.122. The van der Waals surface area contributed by atoms with Gasteiger partial charge in [0, 0.05) is 6.20 Å². The SMILES string of the molecule is O=C(OCC(=O)N1c2ccccc2OCC1c1ccccc1)c1cccnc1Cl. The van der Waals surface area contributed by atoms with E-state index in [1.54, 1.807) is 17.0 Å². The van der Waals surface area contributed by atoms with Gasteiger partial charge in [-0.3, -0.25) is 9.69 Å². The Morgan fingerprint density at radius 1 is 1.07 bits per heavy atom. The Labute approximate surface area is 172 Å². The second-order valence-corrected chi connectivity index (χ2v) is 6.74. The molecule has 0 N–H and O–H groups in total. The standard InChI is InChI=1S/C22H17ClN2O4/c23-21-16(9-6-12-24-21)22(27)29-14-20(26)25-17-10-4-5-11-19(17)28-13-18(25)15-7-2-1-3-8-15/h1-12,18H,13-14H2. The summed E-state index contributed by atoms with van der Waals surface area (Å²) in [4.78, 5) is 30.9. The summed E-state index contributed by atoms with van der Waals surface area (Å²) in [6.07, 6.45) is 1.47. The molecule has 1 aliphatic rings. The van der Waals surface area contributed by atoms with E-state index in [2.05, 4.69) is 4.98 Å². The molecule has 1 atom stereocenters. The first-order valence-corrected chi connectivity index (χ1v) is 9.39. The molecule has 7 heteroatoms. The summed E-state index contributed by atoms with van der Waals surface area (Å²) < 4.78 is 11.1. The van der Waals surface area contributed by atoms with Gasteiger partial charge in [0.2, 0.25) is 0 Å². The number of hydrogen-bond acceptors (Lipinski definition) is 5. The molecule has 0 spiro atoms. The van der Waals surface area contributed by atoms with E-state index >= 15 is 0 Å². The monoisotopic (exact) mass is 408 g/mol. The van der Waals surface area contributed by atoms with Crippen LogP contribution in [-0.4, -0.2) is 30.1 Å². The van der Waals surface area contributed by atoms with Gasteiger partial charge in [-0.25, -0.2) is 9.78 Å². The summed E-state index contributed by atoms with van der Waals surface area (Å²) >= 11 is 5.93. The normalized spacial score (nSPS) is 15.2. The number of pyridine rings is 1. The fraction of sp³-hybridized carbons (Fsp3) is 0.136. The molecule has 0 radical (unpaired) electrons. The number of halogens is 1. The summed E-state index contributed by atoms with van der Waals surface area (Å²) in [6.45, 7) is -0.128. The summed E-state index contributed by atoms with van der Waals surface area (Å²) in [5.41, 5.74) is 1.67. The molecule has 3 aromatic rings. The smallest absolute Gasteiger partial charge is 0.341 e. The third-order valence-corrected chi connectivity index (χ3v) is 4.89. The lowest BCUT2D eigenvalue weighted by Crippen LogP contribution is -2.43. The fourth-order valence-corrected chi connectivity index (χ4v) is 3.43. The highest BCUT2D eigenvalue weighted by Gasteiger charge is 2.33. The maximum absolute atomic E-state index is 13.1. The fourth-order valence-electron chi connectivity index (χ4n) is 3.23. The minimum Gasteiger partial charge on any atom is -0.489 e. The topological polar surface area (TPSA) is 68.7 Å². The van der Waals surface area contributed by atoms with Crippen LogP contribution in [-0.2, 0) is 9.53 Å². The van der Waals surface area contributed by atoms with Crippen LogP contribution in [0.5, 0.6) is 5.75 Å². The number of aromatic nitrogens is 1. The zero-order valence-corrected chi connectivity index (χ0v) is 16.1. The van der Waals surface area contributed by atoms with Crippen molar-refractivity contribution in [1.82, 2.24) is 4.98 Å². The first-order valence-electron chi connectivity index (χ1n) is 9.01. The van der Waals surface area contributed by atoms with Crippen molar-refractivity contribution in [3.8, 4) is 5.75 Å². The van der Waals surface area contributed by atoms with Crippen LogP contribution in [0.3, 0.4) is 0 Å². The van der Waals surface area contributed by atoms with Gasteiger partial charge in [0.05, 0.1) is 17.3 Å². The van der Waals surface area contributed by atoms with E-state index in [9.17, 15) is 9.59 Å². The number of carbonyl (C=O) groups excluding carboxylic acids is 2. The molecule has 0 bridgehead atoms. The second kappa shape index (κ2) is 8.32. The number of nitrogens with zero attached hydrogens (tertiary/aromatic N) is 2. The number of carbonyl (C=O) groups is 2. The van der Waals surface area contributed by atoms with E-state index in [1.165, 1.54) is 12.3 Å². The van der Waals surface area contributed by atoms with Gasteiger partial charge in [0.15, 0.2) is 6.61 Å². The minimum absolute atomic E-state index is 0.0313. The van der Waals surface area contributed by atoms with Crippen LogP contribution in [0.2, 0.25) is 5.15 Å². The maximum atomic E-state index is 13.1. The van der Waals surface area contributed by atoms with E-state index in [0.29, 0.717) is 18.0 Å². The summed E-state index contributed by atoms with van der Waals surface area (Å²) in [6, 6.07) is 19.6. The Morgan fingerprint density at radius 3 is 2.62 bits per heavy atom. The number of para-hydroxylation sites is 2. The number of fused-ring (bicyclic) bond motifs is 1. The van der Waals surface area contributed by atoms with Crippen LogP contribution >= 0.6 is 11.6 Å². The zero-order chi connectivity index (χ0) is 20.2. The molecule has 1 aliphatic heterocycles. The number of rotatable bonds is 4. The van der Waals surface area contributed by atoms with Crippen LogP contribution < -0.4 is 9.64 Å². The van der Waals surface area contributed by atoms with Gasteiger partial charge in [-0.2, -0.15) is 0 Å². The first kappa shape index (κ1) is 19.0. The average Bonchev–Trinajstić information content (AvgIpc) is 2.77. The number of ether oxygens (including phenoxy) is 2. The molecule has 1 unspecified atom stereocenters. The first-order chi connectivity index (χ1) is 14.1. The number of amides is 1. The number of esters is 1. The average molecular weight is 409 g/mol. The van der Waals surface area contributed by atoms with Gasteiger partial charge in [-0.05, 0) is 29.8 Å². The predicted molar refractivity (Wildman–Crippen MR) is 108 cm³/mol. The zero-order valence-electron chi connectivity index (χ0n) is 15.3. The molecule has 0 saturated carbocycles. The molecule has 2 aromatic carbocycles. The van der Waals surface area contributed by atoms with E-state index in [4.69, 9.17) is 21.1 Å². The number of hydrogen-bond donors (Lipinski definition) is 0. The van der Waals surface area contributed by atoms with Gasteiger partial charge in [0.1, 0.15) is 17.5 Å². The molecule has 0 saturated heterocycles. The van der Waals surface area contributed by atoms with Gasteiger partial charge < -0.3 is 9.47 Å². The maximum Gasteiger partial charge on any atom is 0.341 e. The Hall–Kier alpha value is -3.38. The van der Waals surface area contributed by atoms with Gasteiger partial charge in [-0.15, -0.1) is 0 Å². The Kier molecular flexibility index (Phi) is 5.44. The molecular weight excluding hydrogens is 392 g/mol. The number of anilines is 1. The van der Waals surface area contributed by atoms with E-state index in [0.717, 1.165) is 5.56 Å². The molecule has 146 valence electrons. The molecular formula is C22H17ClN2O4. The summed E-state index contributed by atoms with van der Waals surface area (Å²) in [5.74, 6) is -0.452. The third kappa shape index (κ3) is 3.93. The van der Waals surface area contributed by atoms with Crippen molar-refractivity contribution < 1.29 is 19.1 Å². The van der Waals surface area contributed by atoms with Crippen molar-refractivity contribution >= 4 is 29.2 Å². The van der Waals surface area contributed by atoms with E-state index in [-0.39, 0.29) is 22.7 Å². The summed E-state index contributed by atoms with van der Waals surface area (Å²) in [5, 5.41) is 0.0313. The van der Waals surface area contributed by atoms with Crippen LogP contribution in [0.4, 0.5) is 5.69 Å².